The molecule has 2 heterocycles. The summed E-state index contributed by atoms with van der Waals surface area (Å²) in [6, 6.07) is 1.90. The molecule has 2 N–H and O–H groups in total. The van der Waals surface area contributed by atoms with E-state index >= 15 is 0 Å². The zero-order valence-electron chi connectivity index (χ0n) is 8.31. The zero-order valence-corrected chi connectivity index (χ0v) is 8.31. The second-order valence-corrected chi connectivity index (χ2v) is 3.45. The number of fused-ring (bicyclic) bond motifs is 1. The van der Waals surface area contributed by atoms with Crippen LogP contribution < -0.4 is 5.73 Å². The summed E-state index contributed by atoms with van der Waals surface area (Å²) in [5, 5.41) is 8.17. The number of hydrogen-bond donors (Lipinski definition) is 1. The Balaban J connectivity index is 2.58. The fourth-order valence-electron chi connectivity index (χ4n) is 1.35. The highest BCUT2D eigenvalue weighted by Crippen LogP contribution is 2.12. The van der Waals surface area contributed by atoms with E-state index in [1.807, 2.05) is 24.3 Å². The Hall–Kier alpha value is -1.49. The van der Waals surface area contributed by atoms with Crippen molar-refractivity contribution < 1.29 is 0 Å². The summed E-state index contributed by atoms with van der Waals surface area (Å²) in [5.41, 5.74) is 7.35. The molecule has 0 radical (unpaired) electrons. The average Bonchev–Trinajstić information content (AvgIpc) is 2.59. The molecule has 1 unspecified atom stereocenters. The predicted molar refractivity (Wildman–Crippen MR) is 53.0 cm³/mol. The van der Waals surface area contributed by atoms with E-state index in [1.54, 1.807) is 6.33 Å². The molecule has 14 heavy (non-hydrogen) atoms. The highest BCUT2D eigenvalue weighted by Gasteiger charge is 2.11. The minimum absolute atomic E-state index is 0.203. The van der Waals surface area contributed by atoms with Gasteiger partial charge >= 0.3 is 0 Å². The van der Waals surface area contributed by atoms with Crippen LogP contribution in [0.5, 0.6) is 0 Å². The minimum atomic E-state index is 0.203. The van der Waals surface area contributed by atoms with E-state index in [9.17, 15) is 0 Å². The molecule has 0 saturated carbocycles. The SMILES string of the molecule is Cc1cc2nnc(C(C)CN)n2cn1. The number of nitrogens with zero attached hydrogens (tertiary/aromatic N) is 4. The third kappa shape index (κ3) is 1.35. The molecule has 0 aromatic carbocycles. The fraction of sp³-hybridized carbons (Fsp3) is 0.444. The van der Waals surface area contributed by atoms with Gasteiger partial charge < -0.3 is 5.73 Å². The van der Waals surface area contributed by atoms with Crippen LogP contribution in [0.1, 0.15) is 24.4 Å². The fourth-order valence-corrected chi connectivity index (χ4v) is 1.35. The van der Waals surface area contributed by atoms with Crippen molar-refractivity contribution in [3.05, 3.63) is 23.9 Å². The van der Waals surface area contributed by atoms with Gasteiger partial charge in [-0.05, 0) is 6.92 Å². The number of hydrogen-bond acceptors (Lipinski definition) is 4. The van der Waals surface area contributed by atoms with E-state index in [4.69, 9.17) is 5.73 Å². The average molecular weight is 191 g/mol. The Morgan fingerprint density at radius 1 is 1.50 bits per heavy atom. The van der Waals surface area contributed by atoms with Crippen LogP contribution in [0.15, 0.2) is 12.4 Å². The lowest BCUT2D eigenvalue weighted by atomic mass is 10.2. The molecule has 1 atom stereocenters. The standard InChI is InChI=1S/C9H13N5/c1-6(4-10)9-13-12-8-3-7(2)11-5-14(8)9/h3,5-6H,4,10H2,1-2H3. The van der Waals surface area contributed by atoms with Crippen molar-refractivity contribution in [1.29, 1.82) is 0 Å². The first-order valence-corrected chi connectivity index (χ1v) is 4.59. The maximum Gasteiger partial charge on any atom is 0.163 e. The van der Waals surface area contributed by atoms with Crippen LogP contribution in [0.25, 0.3) is 5.65 Å². The van der Waals surface area contributed by atoms with E-state index in [1.165, 1.54) is 0 Å². The number of rotatable bonds is 2. The molecule has 5 nitrogen and oxygen atoms in total. The van der Waals surface area contributed by atoms with E-state index < -0.39 is 0 Å². The van der Waals surface area contributed by atoms with Crippen LogP contribution in [-0.4, -0.2) is 26.1 Å². The van der Waals surface area contributed by atoms with Gasteiger partial charge in [-0.1, -0.05) is 6.92 Å². The Bertz CT molecular complexity index is 447. The molecule has 0 spiro atoms. The second kappa shape index (κ2) is 3.34. The molecule has 0 amide bonds. The van der Waals surface area contributed by atoms with Gasteiger partial charge in [-0.25, -0.2) is 4.98 Å². The topological polar surface area (TPSA) is 69.1 Å². The molecular formula is C9H13N5. The summed E-state index contributed by atoms with van der Waals surface area (Å²) in [5.74, 6) is 1.07. The summed E-state index contributed by atoms with van der Waals surface area (Å²) < 4.78 is 1.88. The van der Waals surface area contributed by atoms with Crippen LogP contribution in [0.2, 0.25) is 0 Å². The lowest BCUT2D eigenvalue weighted by molar-refractivity contribution is 0.698. The largest absolute Gasteiger partial charge is 0.330 e. The second-order valence-electron chi connectivity index (χ2n) is 3.45. The van der Waals surface area contributed by atoms with Crippen molar-refractivity contribution in [3.8, 4) is 0 Å². The summed E-state index contributed by atoms with van der Waals surface area (Å²) >= 11 is 0. The highest BCUT2D eigenvalue weighted by molar-refractivity contribution is 5.38. The predicted octanol–water partition coefficient (Wildman–Crippen LogP) is 0.495. The molecule has 0 bridgehead atoms. The maximum absolute atomic E-state index is 5.58. The first kappa shape index (κ1) is 9.08. The highest BCUT2D eigenvalue weighted by atomic mass is 15.3. The number of nitrogens with two attached hydrogens (primary N) is 1. The maximum atomic E-state index is 5.58. The Labute approximate surface area is 82.0 Å². The molecule has 0 aliphatic rings. The first-order chi connectivity index (χ1) is 6.72. The van der Waals surface area contributed by atoms with Crippen molar-refractivity contribution >= 4 is 5.65 Å². The number of aromatic nitrogens is 4. The van der Waals surface area contributed by atoms with Gasteiger partial charge in [0.05, 0.1) is 0 Å². The molecule has 0 saturated heterocycles. The van der Waals surface area contributed by atoms with Crippen molar-refractivity contribution in [2.24, 2.45) is 5.73 Å². The molecule has 5 heteroatoms. The normalized spacial score (nSPS) is 13.4. The Kier molecular flexibility index (Phi) is 2.17. The van der Waals surface area contributed by atoms with Crippen LogP contribution in [-0.2, 0) is 0 Å². The van der Waals surface area contributed by atoms with E-state index in [2.05, 4.69) is 15.2 Å². The van der Waals surface area contributed by atoms with Gasteiger partial charge in [0.15, 0.2) is 5.65 Å². The van der Waals surface area contributed by atoms with Crippen molar-refractivity contribution in [2.75, 3.05) is 6.54 Å². The Morgan fingerprint density at radius 3 is 3.00 bits per heavy atom. The summed E-state index contributed by atoms with van der Waals surface area (Å²) in [6.45, 7) is 4.52. The molecule has 0 aliphatic heterocycles. The lowest BCUT2D eigenvalue weighted by Gasteiger charge is -2.05. The van der Waals surface area contributed by atoms with Gasteiger partial charge in [0.2, 0.25) is 0 Å². The molecule has 2 aromatic heterocycles. The number of aryl methyl sites for hydroxylation is 1. The third-order valence-corrected chi connectivity index (χ3v) is 2.26. The molecule has 0 aliphatic carbocycles. The summed E-state index contributed by atoms with van der Waals surface area (Å²) in [4.78, 5) is 4.20. The van der Waals surface area contributed by atoms with Crippen LogP contribution in [0.3, 0.4) is 0 Å². The molecule has 74 valence electrons. The van der Waals surface area contributed by atoms with E-state index in [0.717, 1.165) is 17.2 Å². The van der Waals surface area contributed by atoms with Gasteiger partial charge in [0.1, 0.15) is 12.2 Å². The van der Waals surface area contributed by atoms with Crippen molar-refractivity contribution in [3.63, 3.8) is 0 Å². The van der Waals surface area contributed by atoms with Gasteiger partial charge in [0, 0.05) is 24.2 Å². The molecule has 0 fully saturated rings. The zero-order chi connectivity index (χ0) is 10.1. The van der Waals surface area contributed by atoms with E-state index in [0.29, 0.717) is 6.54 Å². The van der Waals surface area contributed by atoms with Crippen LogP contribution in [0, 0.1) is 6.92 Å². The lowest BCUT2D eigenvalue weighted by Crippen LogP contribution is -2.12. The minimum Gasteiger partial charge on any atom is -0.330 e. The van der Waals surface area contributed by atoms with E-state index in [-0.39, 0.29) is 5.92 Å². The molecule has 2 aromatic rings. The van der Waals surface area contributed by atoms with Gasteiger partial charge in [-0.3, -0.25) is 4.40 Å². The monoisotopic (exact) mass is 191 g/mol. The van der Waals surface area contributed by atoms with Crippen molar-refractivity contribution in [1.82, 2.24) is 19.6 Å². The smallest absolute Gasteiger partial charge is 0.163 e. The van der Waals surface area contributed by atoms with Gasteiger partial charge in [-0.2, -0.15) is 0 Å². The Morgan fingerprint density at radius 2 is 2.29 bits per heavy atom. The van der Waals surface area contributed by atoms with Crippen molar-refractivity contribution in [2.45, 2.75) is 19.8 Å². The van der Waals surface area contributed by atoms with Crippen LogP contribution >= 0.6 is 0 Å². The molecule has 2 rings (SSSR count). The molecular weight excluding hydrogens is 178 g/mol. The van der Waals surface area contributed by atoms with Gasteiger partial charge in [-0.15, -0.1) is 10.2 Å². The van der Waals surface area contributed by atoms with Crippen LogP contribution in [0.4, 0.5) is 0 Å². The third-order valence-electron chi connectivity index (χ3n) is 2.26. The van der Waals surface area contributed by atoms with Gasteiger partial charge in [0.25, 0.3) is 0 Å². The summed E-state index contributed by atoms with van der Waals surface area (Å²) in [6.07, 6.45) is 1.74. The first-order valence-electron chi connectivity index (χ1n) is 4.59. The quantitative estimate of drug-likeness (QED) is 0.750. The summed E-state index contributed by atoms with van der Waals surface area (Å²) in [7, 11) is 0.